The first-order chi connectivity index (χ1) is 11.5. The second kappa shape index (κ2) is 8.15. The van der Waals surface area contributed by atoms with E-state index < -0.39 is 12.0 Å². The molecule has 0 fully saturated rings. The van der Waals surface area contributed by atoms with Crippen LogP contribution >= 0.6 is 0 Å². The first-order valence-electron chi connectivity index (χ1n) is 7.69. The zero-order valence-electron chi connectivity index (χ0n) is 13.8. The van der Waals surface area contributed by atoms with Gasteiger partial charge in [-0.3, -0.25) is 4.79 Å². The zero-order chi connectivity index (χ0) is 17.5. The van der Waals surface area contributed by atoms with E-state index >= 15 is 0 Å². The third kappa shape index (κ3) is 4.84. The number of benzene rings is 2. The smallest absolute Gasteiger partial charge is 0.326 e. The normalized spacial score (nSPS) is 11.6. The number of carbonyl (C=O) groups is 2. The molecule has 2 aromatic rings. The fourth-order valence-corrected chi connectivity index (χ4v) is 2.46. The molecule has 2 aromatic carbocycles. The summed E-state index contributed by atoms with van der Waals surface area (Å²) in [6.07, 6.45) is 0.355. The third-order valence-corrected chi connectivity index (χ3v) is 3.75. The average Bonchev–Trinajstić information content (AvgIpc) is 2.57. The molecule has 24 heavy (non-hydrogen) atoms. The summed E-state index contributed by atoms with van der Waals surface area (Å²) in [6.45, 7) is 1.92. The van der Waals surface area contributed by atoms with Crippen LogP contribution in [-0.4, -0.2) is 30.1 Å². The minimum Gasteiger partial charge on any atom is -0.496 e. The summed E-state index contributed by atoms with van der Waals surface area (Å²) in [6, 6.07) is 13.8. The lowest BCUT2D eigenvalue weighted by Gasteiger charge is -2.15. The number of aliphatic carboxylic acids is 1. The zero-order valence-corrected chi connectivity index (χ0v) is 13.8. The Hall–Kier alpha value is -2.82. The molecule has 0 aliphatic rings. The minimum absolute atomic E-state index is 0.106. The van der Waals surface area contributed by atoms with E-state index in [9.17, 15) is 14.7 Å². The number of nitrogens with one attached hydrogen (secondary N) is 1. The number of carboxylic acids is 1. The summed E-state index contributed by atoms with van der Waals surface area (Å²) in [4.78, 5) is 23.6. The molecule has 1 amide bonds. The average molecular weight is 327 g/mol. The Morgan fingerprint density at radius 2 is 1.83 bits per heavy atom. The highest BCUT2D eigenvalue weighted by atomic mass is 16.5. The molecule has 0 heterocycles. The van der Waals surface area contributed by atoms with E-state index in [2.05, 4.69) is 5.32 Å². The molecule has 0 bridgehead atoms. The molecule has 0 saturated heterocycles. The van der Waals surface area contributed by atoms with Crippen LogP contribution in [0.2, 0.25) is 0 Å². The van der Waals surface area contributed by atoms with Gasteiger partial charge in [-0.05, 0) is 29.7 Å². The summed E-state index contributed by atoms with van der Waals surface area (Å²) < 4.78 is 5.24. The lowest BCUT2D eigenvalue weighted by atomic mass is 10.0. The molecule has 0 saturated carbocycles. The monoisotopic (exact) mass is 327 g/mol. The summed E-state index contributed by atoms with van der Waals surface area (Å²) in [7, 11) is 1.58. The Bertz CT molecular complexity index is 713. The van der Waals surface area contributed by atoms with Gasteiger partial charge in [-0.2, -0.15) is 0 Å². The highest BCUT2D eigenvalue weighted by molar-refractivity contribution is 5.85. The minimum atomic E-state index is -1.05. The van der Waals surface area contributed by atoms with Crippen LogP contribution in [-0.2, 0) is 22.4 Å². The molecule has 1 atom stereocenters. The van der Waals surface area contributed by atoms with Gasteiger partial charge in [-0.25, -0.2) is 4.79 Å². The van der Waals surface area contributed by atoms with E-state index in [1.54, 1.807) is 13.2 Å². The number of methoxy groups -OCH3 is 1. The largest absolute Gasteiger partial charge is 0.496 e. The number of aryl methyl sites for hydroxylation is 1. The van der Waals surface area contributed by atoms with E-state index in [1.165, 1.54) is 0 Å². The molecule has 0 spiro atoms. The maximum atomic E-state index is 12.2. The number of ether oxygens (including phenoxy) is 1. The first kappa shape index (κ1) is 17.5. The quantitative estimate of drug-likeness (QED) is 0.818. The first-order valence-corrected chi connectivity index (χ1v) is 7.69. The van der Waals surface area contributed by atoms with Crippen molar-refractivity contribution < 1.29 is 19.4 Å². The summed E-state index contributed by atoms with van der Waals surface area (Å²) in [5.41, 5.74) is 2.62. The number of amides is 1. The Kier molecular flexibility index (Phi) is 5.95. The maximum absolute atomic E-state index is 12.2. The van der Waals surface area contributed by atoms with E-state index in [0.29, 0.717) is 5.75 Å². The van der Waals surface area contributed by atoms with Crippen LogP contribution in [0.3, 0.4) is 0 Å². The van der Waals surface area contributed by atoms with Crippen molar-refractivity contribution in [1.29, 1.82) is 0 Å². The Morgan fingerprint density at radius 1 is 1.12 bits per heavy atom. The van der Waals surface area contributed by atoms with Gasteiger partial charge in [0.1, 0.15) is 11.8 Å². The van der Waals surface area contributed by atoms with Crippen molar-refractivity contribution in [2.45, 2.75) is 25.8 Å². The second-order valence-electron chi connectivity index (χ2n) is 5.63. The lowest BCUT2D eigenvalue weighted by Crippen LogP contribution is -2.43. The summed E-state index contributed by atoms with van der Waals surface area (Å²) in [5, 5.41) is 11.9. The summed E-state index contributed by atoms with van der Waals surface area (Å²) in [5.74, 6) is -0.669. The Labute approximate surface area is 141 Å². The highest BCUT2D eigenvalue weighted by Crippen LogP contribution is 2.19. The van der Waals surface area contributed by atoms with Gasteiger partial charge < -0.3 is 15.2 Å². The van der Waals surface area contributed by atoms with Gasteiger partial charge in [0.15, 0.2) is 0 Å². The maximum Gasteiger partial charge on any atom is 0.326 e. The van der Waals surface area contributed by atoms with Crippen molar-refractivity contribution in [2.75, 3.05) is 7.11 Å². The molecule has 2 N–H and O–H groups in total. The van der Waals surface area contributed by atoms with Gasteiger partial charge in [0.2, 0.25) is 5.91 Å². The van der Waals surface area contributed by atoms with Crippen molar-refractivity contribution in [3.8, 4) is 5.75 Å². The molecule has 0 aliphatic heterocycles. The van der Waals surface area contributed by atoms with Crippen molar-refractivity contribution in [2.24, 2.45) is 0 Å². The van der Waals surface area contributed by atoms with Crippen LogP contribution < -0.4 is 10.1 Å². The van der Waals surface area contributed by atoms with Crippen molar-refractivity contribution in [3.63, 3.8) is 0 Å². The number of rotatable bonds is 7. The molecular formula is C19H21NO4. The van der Waals surface area contributed by atoms with Gasteiger partial charge >= 0.3 is 5.97 Å². The number of carboxylic acid groups (broad SMARTS) is 1. The third-order valence-electron chi connectivity index (χ3n) is 3.75. The van der Waals surface area contributed by atoms with E-state index in [0.717, 1.165) is 16.7 Å². The molecule has 0 radical (unpaired) electrons. The lowest BCUT2D eigenvalue weighted by molar-refractivity contribution is -0.141. The summed E-state index contributed by atoms with van der Waals surface area (Å²) >= 11 is 0. The predicted octanol–water partition coefficient (Wildman–Crippen LogP) is 2.36. The number of carbonyl (C=O) groups excluding carboxylic acids is 1. The van der Waals surface area contributed by atoms with Crippen LogP contribution in [0, 0.1) is 6.92 Å². The highest BCUT2D eigenvalue weighted by Gasteiger charge is 2.20. The molecular weight excluding hydrogens is 306 g/mol. The number of hydrogen-bond donors (Lipinski definition) is 2. The Balaban J connectivity index is 2.01. The van der Waals surface area contributed by atoms with Gasteiger partial charge in [0.05, 0.1) is 13.5 Å². The van der Waals surface area contributed by atoms with Crippen LogP contribution in [0.15, 0.2) is 48.5 Å². The topological polar surface area (TPSA) is 75.6 Å². The molecule has 5 nitrogen and oxygen atoms in total. The fraction of sp³-hybridized carbons (Fsp3) is 0.263. The fourth-order valence-electron chi connectivity index (χ4n) is 2.46. The van der Waals surface area contributed by atoms with Gasteiger partial charge in [0, 0.05) is 6.42 Å². The van der Waals surface area contributed by atoms with Crippen LogP contribution in [0.5, 0.6) is 5.75 Å². The van der Waals surface area contributed by atoms with E-state index in [4.69, 9.17) is 4.74 Å². The van der Waals surface area contributed by atoms with Crippen molar-refractivity contribution in [1.82, 2.24) is 5.32 Å². The molecule has 2 rings (SSSR count). The van der Waals surface area contributed by atoms with Crippen LogP contribution in [0.4, 0.5) is 0 Å². The van der Waals surface area contributed by atoms with E-state index in [-0.39, 0.29) is 18.7 Å². The molecule has 0 aliphatic carbocycles. The Morgan fingerprint density at radius 3 is 2.46 bits per heavy atom. The van der Waals surface area contributed by atoms with Gasteiger partial charge in [0.25, 0.3) is 0 Å². The SMILES string of the molecule is COc1cc(CC(=O)N[C@@H](Cc2ccccc2)C(=O)O)ccc1C. The predicted molar refractivity (Wildman–Crippen MR) is 91.1 cm³/mol. The van der Waals surface area contributed by atoms with Crippen molar-refractivity contribution in [3.05, 3.63) is 65.2 Å². The molecule has 0 aromatic heterocycles. The van der Waals surface area contributed by atoms with Gasteiger partial charge in [-0.1, -0.05) is 42.5 Å². The van der Waals surface area contributed by atoms with Crippen LogP contribution in [0.25, 0.3) is 0 Å². The number of hydrogen-bond acceptors (Lipinski definition) is 3. The van der Waals surface area contributed by atoms with E-state index in [1.807, 2.05) is 49.4 Å². The standard InChI is InChI=1S/C19H21NO4/c1-13-8-9-15(11-17(13)24-2)12-18(21)20-16(19(22)23)10-14-6-4-3-5-7-14/h3-9,11,16H,10,12H2,1-2H3,(H,20,21)(H,22,23)/t16-/m0/s1. The van der Waals surface area contributed by atoms with Gasteiger partial charge in [-0.15, -0.1) is 0 Å². The second-order valence-corrected chi connectivity index (χ2v) is 5.63. The van der Waals surface area contributed by atoms with Crippen molar-refractivity contribution >= 4 is 11.9 Å². The molecule has 0 unspecified atom stereocenters. The molecule has 5 heteroatoms. The molecule has 126 valence electrons. The van der Waals surface area contributed by atoms with Crippen LogP contribution in [0.1, 0.15) is 16.7 Å².